The Bertz CT molecular complexity index is 4950. The summed E-state index contributed by atoms with van der Waals surface area (Å²) in [7, 11) is 1.27. The zero-order valence-corrected chi connectivity index (χ0v) is 69.3. The van der Waals surface area contributed by atoms with E-state index in [-0.39, 0.29) is 0 Å². The molecule has 0 saturated carbocycles. The first-order valence-corrected chi connectivity index (χ1v) is 38.6. The highest BCUT2D eigenvalue weighted by atomic mass is 19.2. The minimum Gasteiger partial charge on any atom is -0.505 e. The van der Waals surface area contributed by atoms with Gasteiger partial charge >= 0.3 is 23.9 Å². The molecule has 3 aliphatic heterocycles. The lowest BCUT2D eigenvalue weighted by Gasteiger charge is -2.37. The zero-order chi connectivity index (χ0) is 95.3. The highest BCUT2D eigenvalue weighted by molar-refractivity contribution is 6.00. The van der Waals surface area contributed by atoms with Crippen molar-refractivity contribution in [1.82, 2.24) is 72.0 Å². The second-order valence-corrected chi connectivity index (χ2v) is 30.6. The van der Waals surface area contributed by atoms with E-state index in [0.29, 0.717) is 0 Å². The van der Waals surface area contributed by atoms with Gasteiger partial charge in [0.25, 0.3) is 35.6 Å². The number of pyridine rings is 6. The minimum atomic E-state index is -2.12. The molecule has 18 atom stereocenters. The minimum absolute atomic E-state index is 0.493. The van der Waals surface area contributed by atoms with Gasteiger partial charge in [0, 0.05) is 67.5 Å². The summed E-state index contributed by atoms with van der Waals surface area (Å²) in [6, 6.07) is -5.67. The maximum absolute atomic E-state index is 14.6. The molecular formula is C79H88F12N14O22. The molecule has 48 heteroatoms. The van der Waals surface area contributed by atoms with E-state index in [1.807, 2.05) is 0 Å². The number of cyclic esters (lactones) is 4. The highest BCUT2D eigenvalue weighted by Crippen LogP contribution is 2.30. The number of aliphatic hydroxyl groups excluding tert-OH is 3. The van der Waals surface area contributed by atoms with Crippen LogP contribution in [0.15, 0.2) is 55.0 Å². The molecule has 0 aliphatic carbocycles. The third kappa shape index (κ3) is 24.2. The fourth-order valence-corrected chi connectivity index (χ4v) is 13.1. The SMILES string of the molecule is CC(C)C1C(=O)O[C@H](C)[C@H](NC(=O)c2ncccc2O)C(=O)N[C@@H](Cc2c(F)nc(F)c(F)c2F)[C@@H](O)[C@@H](C)C(=O)N1C.CC(C)C1NC(=O)[C@H](C)[C@H](O)[C@H](Cc2c(F)nc(F)c(F)c2F)NC(=O)[C@@H](NC(=O)c2ncccc2O)[C@@H](C)OC1=O.CC(C)C1OC(=O)[C@H](C)[C@H](O)[C@H](Cc2c(F)nc(F)c(F)c2F)NC(=O)[C@@H](NC(=O)c2ncccc2O)[C@@H](C)OC1=O. The van der Waals surface area contributed by atoms with Gasteiger partial charge in [-0.05, 0) is 75.9 Å². The van der Waals surface area contributed by atoms with Gasteiger partial charge < -0.3 is 91.7 Å². The number of hydrogen-bond acceptors (Lipinski definition) is 28. The largest absolute Gasteiger partial charge is 0.505 e. The van der Waals surface area contributed by atoms with Gasteiger partial charge in [-0.1, -0.05) is 55.4 Å². The summed E-state index contributed by atoms with van der Waals surface area (Å²) in [5.74, 6) is -44.2. The number of aromatic nitrogens is 6. The molecule has 8 amide bonds. The van der Waals surface area contributed by atoms with Crippen LogP contribution in [0.25, 0.3) is 0 Å². The van der Waals surface area contributed by atoms with Crippen molar-refractivity contribution in [3.8, 4) is 17.2 Å². The number of aromatic hydroxyl groups is 3. The molecule has 0 aromatic carbocycles. The lowest BCUT2D eigenvalue weighted by molar-refractivity contribution is -0.180. The van der Waals surface area contributed by atoms with Crippen LogP contribution in [0.5, 0.6) is 17.2 Å². The zero-order valence-electron chi connectivity index (χ0n) is 69.3. The summed E-state index contributed by atoms with van der Waals surface area (Å²) in [5, 5.41) is 79.2. The number of amides is 8. The van der Waals surface area contributed by atoms with Crippen molar-refractivity contribution in [2.24, 2.45) is 35.5 Å². The van der Waals surface area contributed by atoms with E-state index in [1.165, 1.54) is 92.3 Å². The van der Waals surface area contributed by atoms with Crippen molar-refractivity contribution in [2.45, 2.75) is 193 Å². The average Bonchev–Trinajstić information content (AvgIpc) is 0.801. The Balaban J connectivity index is 0.000000261. The van der Waals surface area contributed by atoms with Crippen LogP contribution in [-0.4, -0.2) is 235 Å². The number of esters is 4. The average molecular weight is 1810 g/mol. The number of ether oxygens (including phenoxy) is 4. The molecule has 3 fully saturated rings. The second kappa shape index (κ2) is 43.3. The molecule has 9 heterocycles. The third-order valence-electron chi connectivity index (χ3n) is 20.4. The summed E-state index contributed by atoms with van der Waals surface area (Å²) in [6.07, 6.45) is -11.3. The predicted octanol–water partition coefficient (Wildman–Crippen LogP) is 2.71. The number of nitrogens with zero attached hydrogens (tertiary/aromatic N) is 7. The molecule has 3 saturated heterocycles. The summed E-state index contributed by atoms with van der Waals surface area (Å²) in [6.45, 7) is 16.6. The molecule has 127 heavy (non-hydrogen) atoms. The van der Waals surface area contributed by atoms with Gasteiger partial charge in [0.1, 0.15) is 65.8 Å². The van der Waals surface area contributed by atoms with Gasteiger partial charge in [-0.15, -0.1) is 0 Å². The lowest BCUT2D eigenvalue weighted by atomic mass is 9.90. The molecule has 13 N–H and O–H groups in total. The Morgan fingerprint density at radius 2 is 0.717 bits per heavy atom. The monoisotopic (exact) mass is 1810 g/mol. The Labute approximate surface area is 713 Å². The Kier molecular flexibility index (Phi) is 34.4. The van der Waals surface area contributed by atoms with Crippen LogP contribution in [0.3, 0.4) is 0 Å². The first-order valence-electron chi connectivity index (χ1n) is 38.6. The Hall–Kier alpha value is -13.0. The first-order chi connectivity index (χ1) is 59.3. The Morgan fingerprint density at radius 3 is 1.03 bits per heavy atom. The number of hydrogen-bond donors (Lipinski definition) is 13. The second-order valence-electron chi connectivity index (χ2n) is 30.6. The molecule has 36 nitrogen and oxygen atoms in total. The molecule has 3 unspecified atom stereocenters. The van der Waals surface area contributed by atoms with E-state index < -0.39 is 339 Å². The van der Waals surface area contributed by atoms with E-state index in [4.69, 9.17) is 18.9 Å². The first kappa shape index (κ1) is 101. The molecule has 0 radical (unpaired) electrons. The van der Waals surface area contributed by atoms with Crippen molar-refractivity contribution in [1.29, 1.82) is 0 Å². The number of rotatable bonds is 15. The fourth-order valence-electron chi connectivity index (χ4n) is 13.1. The van der Waals surface area contributed by atoms with Crippen LogP contribution < -0.4 is 37.2 Å². The van der Waals surface area contributed by atoms with Crippen LogP contribution in [-0.2, 0) is 81.4 Å². The molecule has 6 aromatic rings. The number of carbonyl (C=O) groups excluding carboxylic acids is 12. The summed E-state index contributed by atoms with van der Waals surface area (Å²) < 4.78 is 190. The maximum Gasteiger partial charge on any atom is 0.348 e. The number of likely N-dealkylation sites (N-methyl/N-ethyl adjacent to an activating group) is 1. The summed E-state index contributed by atoms with van der Waals surface area (Å²) >= 11 is 0. The van der Waals surface area contributed by atoms with Gasteiger partial charge in [0.2, 0.25) is 70.9 Å². The lowest BCUT2D eigenvalue weighted by Crippen LogP contribution is -2.61. The van der Waals surface area contributed by atoms with Crippen molar-refractivity contribution in [3.63, 3.8) is 0 Å². The van der Waals surface area contributed by atoms with Crippen molar-refractivity contribution in [2.75, 3.05) is 7.05 Å². The van der Waals surface area contributed by atoms with E-state index in [0.717, 1.165) is 30.0 Å². The van der Waals surface area contributed by atoms with Gasteiger partial charge in [-0.25, -0.2) is 42.5 Å². The maximum atomic E-state index is 14.6. The fraction of sp³-hybridized carbons (Fsp3) is 0.468. The molecule has 0 bridgehead atoms. The number of halogens is 12. The van der Waals surface area contributed by atoms with E-state index in [9.17, 15) is 141 Å². The van der Waals surface area contributed by atoms with Crippen LogP contribution in [0.4, 0.5) is 52.7 Å². The van der Waals surface area contributed by atoms with Crippen LogP contribution in [0.2, 0.25) is 0 Å². The van der Waals surface area contributed by atoms with Gasteiger partial charge in [-0.2, -0.15) is 54.5 Å². The number of aliphatic hydroxyl groups is 3. The van der Waals surface area contributed by atoms with E-state index in [1.54, 1.807) is 27.7 Å². The van der Waals surface area contributed by atoms with E-state index >= 15 is 0 Å². The molecule has 6 aromatic heterocycles. The van der Waals surface area contributed by atoms with Crippen molar-refractivity contribution in [3.05, 3.63) is 159 Å². The topological polar surface area (TPSA) is 528 Å². The quantitative estimate of drug-likeness (QED) is 0.0304. The smallest absolute Gasteiger partial charge is 0.348 e. The molecular weight excluding hydrogens is 1720 g/mol. The van der Waals surface area contributed by atoms with Crippen molar-refractivity contribution >= 4 is 71.1 Å². The predicted molar refractivity (Wildman–Crippen MR) is 406 cm³/mol. The Morgan fingerprint density at radius 1 is 0.402 bits per heavy atom. The third-order valence-corrected chi connectivity index (χ3v) is 20.4. The number of nitrogens with one attached hydrogen (secondary N) is 7. The standard InChI is InChI=1S/C27H31F4N5O7.C26H29F4N5O7.C26H28F4N4O8/c1-10(2)20-27(42)43-12(4)18(34-25(40)19-15(37)7-6-8-32-19)24(39)33-14(21(38)11(3)26(41)36(20)5)9-13-16(28)17(29)23(31)35-22(13)30;1-9(2)17-26(41)42-11(4)18(34-25(40)19-14(36)6-5-7-31-19)24(39)32-13(20(37)10(3)23(38)33-17)8-12-15(27)16(28)22(30)35-21(12)29;1-9(2)20-26(40)41-11(4)17(33-24(38)18-14(35)6-5-7-31-18)23(37)32-13(19(36)10(3)25(39)42-20)8-12-15(27)16(28)22(30)34-21(12)29/h6-8,10-12,14,18,20-21,37-38H,9H2,1-5H3,(H,33,39)(H,34,40);5-7,9-11,13,17-18,20,36-37H,8H2,1-4H3,(H,32,39)(H,33,38)(H,34,40);5-7,9-11,13,17,19-20,35-36H,8H2,1-4H3,(H,32,37)(H,33,38)/t11-,12-,14+,18+,20?,21+;10-,11-,13+,17?,18+,20+;10-,11-,13+,17+,19+,20?/m111/s1. The highest BCUT2D eigenvalue weighted by Gasteiger charge is 2.47. The van der Waals surface area contributed by atoms with Gasteiger partial charge in [-0.3, -0.25) is 43.2 Å². The molecule has 0 spiro atoms. The van der Waals surface area contributed by atoms with E-state index in [2.05, 4.69) is 67.1 Å². The molecule has 3 aliphatic rings. The van der Waals surface area contributed by atoms with Gasteiger partial charge in [0.15, 0.2) is 34.5 Å². The summed E-state index contributed by atoms with van der Waals surface area (Å²) in [4.78, 5) is 178. The van der Waals surface area contributed by atoms with Crippen LogP contribution >= 0.6 is 0 Å². The van der Waals surface area contributed by atoms with Crippen LogP contribution in [0, 0.1) is 106 Å². The molecule has 9 rings (SSSR count). The van der Waals surface area contributed by atoms with Crippen LogP contribution in [0.1, 0.15) is 131 Å². The summed E-state index contributed by atoms with van der Waals surface area (Å²) in [5.41, 5.74) is -4.94. The molecule has 690 valence electrons. The van der Waals surface area contributed by atoms with Gasteiger partial charge in [0.05, 0.1) is 54.2 Å². The number of carbonyl (C=O) groups is 12. The van der Waals surface area contributed by atoms with Crippen molar-refractivity contribution < 1.29 is 160 Å². The normalized spacial score (nSPS) is 25.5.